The Labute approximate surface area is 98.5 Å². The first-order chi connectivity index (χ1) is 7.83. The summed E-state index contributed by atoms with van der Waals surface area (Å²) in [6, 6.07) is 12.6. The van der Waals surface area contributed by atoms with Gasteiger partial charge in [0.1, 0.15) is 6.04 Å². The van der Waals surface area contributed by atoms with Gasteiger partial charge in [0, 0.05) is 12.2 Å². The van der Waals surface area contributed by atoms with Crippen LogP contribution in [0.5, 0.6) is 0 Å². The number of rotatable bonds is 6. The molecule has 0 aromatic heterocycles. The Morgan fingerprint density at radius 2 is 1.94 bits per heavy atom. The summed E-state index contributed by atoms with van der Waals surface area (Å²) in [5.74, 6) is 0. The number of nitrogens with zero attached hydrogens (tertiary/aromatic N) is 2. The molecule has 0 radical (unpaired) electrons. The lowest BCUT2D eigenvalue weighted by molar-refractivity contribution is 0.642. The van der Waals surface area contributed by atoms with Crippen molar-refractivity contribution < 1.29 is 0 Å². The highest BCUT2D eigenvalue weighted by molar-refractivity contribution is 5.48. The van der Waals surface area contributed by atoms with Crippen LogP contribution in [0.15, 0.2) is 30.3 Å². The van der Waals surface area contributed by atoms with Crippen molar-refractivity contribution >= 4 is 5.69 Å². The molecule has 1 rings (SSSR count). The van der Waals surface area contributed by atoms with Crippen molar-refractivity contribution in [2.24, 2.45) is 0 Å². The van der Waals surface area contributed by atoms with Crippen molar-refractivity contribution in [2.75, 3.05) is 11.4 Å². The molecule has 86 valence electrons. The summed E-state index contributed by atoms with van der Waals surface area (Å²) < 4.78 is 0. The second kappa shape index (κ2) is 6.90. The zero-order chi connectivity index (χ0) is 11.8. The van der Waals surface area contributed by atoms with Crippen molar-refractivity contribution in [3.63, 3.8) is 0 Å². The van der Waals surface area contributed by atoms with Crippen molar-refractivity contribution in [3.05, 3.63) is 30.3 Å². The fraction of sp³-hybridized carbons (Fsp3) is 0.500. The summed E-state index contributed by atoms with van der Waals surface area (Å²) in [4.78, 5) is 2.21. The van der Waals surface area contributed by atoms with Crippen LogP contribution in [-0.2, 0) is 0 Å². The number of hydrogen-bond acceptors (Lipinski definition) is 2. The molecule has 0 aliphatic rings. The van der Waals surface area contributed by atoms with Crippen LogP contribution in [0.25, 0.3) is 0 Å². The van der Waals surface area contributed by atoms with Gasteiger partial charge >= 0.3 is 0 Å². The molecule has 0 bridgehead atoms. The molecule has 1 unspecified atom stereocenters. The predicted octanol–water partition coefficient (Wildman–Crippen LogP) is 3.60. The van der Waals surface area contributed by atoms with E-state index in [4.69, 9.17) is 5.26 Å². The number of unbranched alkanes of at least 4 members (excludes halogenated alkanes) is 1. The van der Waals surface area contributed by atoms with E-state index in [1.807, 2.05) is 18.2 Å². The molecule has 2 heteroatoms. The van der Waals surface area contributed by atoms with E-state index in [1.165, 1.54) is 0 Å². The van der Waals surface area contributed by atoms with Crippen molar-refractivity contribution in [1.82, 2.24) is 0 Å². The Morgan fingerprint density at radius 1 is 1.25 bits per heavy atom. The highest BCUT2D eigenvalue weighted by Gasteiger charge is 2.15. The van der Waals surface area contributed by atoms with Gasteiger partial charge in [0.2, 0.25) is 0 Å². The highest BCUT2D eigenvalue weighted by atomic mass is 15.2. The lowest BCUT2D eigenvalue weighted by Crippen LogP contribution is -2.34. The van der Waals surface area contributed by atoms with Crippen molar-refractivity contribution in [2.45, 2.75) is 39.2 Å². The Bertz CT molecular complexity index is 326. The zero-order valence-electron chi connectivity index (χ0n) is 10.2. The molecule has 0 spiro atoms. The lowest BCUT2D eigenvalue weighted by Gasteiger charge is -2.28. The maximum Gasteiger partial charge on any atom is 0.116 e. The van der Waals surface area contributed by atoms with E-state index in [-0.39, 0.29) is 6.04 Å². The highest BCUT2D eigenvalue weighted by Crippen LogP contribution is 2.18. The summed E-state index contributed by atoms with van der Waals surface area (Å²) in [5, 5.41) is 9.17. The lowest BCUT2D eigenvalue weighted by atomic mass is 10.1. The van der Waals surface area contributed by atoms with E-state index < -0.39 is 0 Å². The van der Waals surface area contributed by atoms with Gasteiger partial charge in [-0.05, 0) is 25.0 Å². The fourth-order valence-electron chi connectivity index (χ4n) is 1.79. The second-order valence-corrected chi connectivity index (χ2v) is 3.94. The van der Waals surface area contributed by atoms with Gasteiger partial charge in [-0.2, -0.15) is 5.26 Å². The summed E-state index contributed by atoms with van der Waals surface area (Å²) in [5.41, 5.74) is 1.16. The Kier molecular flexibility index (Phi) is 5.42. The third-order valence-electron chi connectivity index (χ3n) is 2.75. The first kappa shape index (κ1) is 12.6. The van der Waals surface area contributed by atoms with Gasteiger partial charge in [-0.3, -0.25) is 0 Å². The molecule has 0 fully saturated rings. The molecule has 1 atom stereocenters. The van der Waals surface area contributed by atoms with Crippen LogP contribution < -0.4 is 4.90 Å². The van der Waals surface area contributed by atoms with E-state index in [1.54, 1.807) is 0 Å². The molecule has 16 heavy (non-hydrogen) atoms. The van der Waals surface area contributed by atoms with E-state index in [0.29, 0.717) is 0 Å². The second-order valence-electron chi connectivity index (χ2n) is 3.94. The molecule has 0 amide bonds. The fourth-order valence-corrected chi connectivity index (χ4v) is 1.79. The SMILES string of the molecule is CCCCN(c1ccccc1)C(C#N)CC. The van der Waals surface area contributed by atoms with Crippen LogP contribution in [-0.4, -0.2) is 12.6 Å². The van der Waals surface area contributed by atoms with Gasteiger partial charge < -0.3 is 4.90 Å². The summed E-state index contributed by atoms with van der Waals surface area (Å²) in [6.07, 6.45) is 3.16. The summed E-state index contributed by atoms with van der Waals surface area (Å²) >= 11 is 0. The smallest absolute Gasteiger partial charge is 0.116 e. The Hall–Kier alpha value is -1.49. The molecule has 0 N–H and O–H groups in total. The standard InChI is InChI=1S/C14H20N2/c1-3-5-11-16(13(4-2)12-15)14-9-7-6-8-10-14/h6-10,13H,3-5,11H2,1-2H3. The van der Waals surface area contributed by atoms with Crippen LogP contribution in [0.2, 0.25) is 0 Å². The summed E-state index contributed by atoms with van der Waals surface area (Å²) in [6.45, 7) is 5.21. The predicted molar refractivity (Wildman–Crippen MR) is 68.4 cm³/mol. The van der Waals surface area contributed by atoms with Crippen LogP contribution in [0.4, 0.5) is 5.69 Å². The molecule has 0 saturated heterocycles. The molecule has 1 aromatic rings. The topological polar surface area (TPSA) is 27.0 Å². The molecule has 0 saturated carbocycles. The number of para-hydroxylation sites is 1. The third-order valence-corrected chi connectivity index (χ3v) is 2.75. The quantitative estimate of drug-likeness (QED) is 0.726. The number of hydrogen-bond donors (Lipinski definition) is 0. The zero-order valence-corrected chi connectivity index (χ0v) is 10.2. The van der Waals surface area contributed by atoms with Gasteiger partial charge in [-0.1, -0.05) is 38.5 Å². The first-order valence-electron chi connectivity index (χ1n) is 6.04. The molecule has 0 aliphatic carbocycles. The van der Waals surface area contributed by atoms with E-state index >= 15 is 0 Å². The van der Waals surface area contributed by atoms with Crippen LogP contribution in [0.3, 0.4) is 0 Å². The average molecular weight is 216 g/mol. The molecule has 0 aliphatic heterocycles. The van der Waals surface area contributed by atoms with Gasteiger partial charge in [0.25, 0.3) is 0 Å². The molecule has 1 aromatic carbocycles. The number of anilines is 1. The monoisotopic (exact) mass is 216 g/mol. The Balaban J connectivity index is 2.83. The Morgan fingerprint density at radius 3 is 2.44 bits per heavy atom. The van der Waals surface area contributed by atoms with Crippen LogP contribution in [0, 0.1) is 11.3 Å². The number of benzene rings is 1. The minimum absolute atomic E-state index is 0.00560. The number of nitriles is 1. The molecular formula is C14H20N2. The first-order valence-corrected chi connectivity index (χ1v) is 6.04. The van der Waals surface area contributed by atoms with Gasteiger partial charge in [0.15, 0.2) is 0 Å². The minimum atomic E-state index is -0.00560. The maximum atomic E-state index is 9.17. The van der Waals surface area contributed by atoms with E-state index in [2.05, 4.69) is 36.9 Å². The maximum absolute atomic E-state index is 9.17. The van der Waals surface area contributed by atoms with Gasteiger partial charge in [0.05, 0.1) is 6.07 Å². The summed E-state index contributed by atoms with van der Waals surface area (Å²) in [7, 11) is 0. The van der Waals surface area contributed by atoms with Gasteiger partial charge in [-0.25, -0.2) is 0 Å². The molecule has 2 nitrogen and oxygen atoms in total. The van der Waals surface area contributed by atoms with Gasteiger partial charge in [-0.15, -0.1) is 0 Å². The normalized spacial score (nSPS) is 11.8. The van der Waals surface area contributed by atoms with E-state index in [0.717, 1.165) is 31.5 Å². The molecular weight excluding hydrogens is 196 g/mol. The van der Waals surface area contributed by atoms with Crippen LogP contribution in [0.1, 0.15) is 33.1 Å². The molecule has 0 heterocycles. The minimum Gasteiger partial charge on any atom is -0.356 e. The van der Waals surface area contributed by atoms with Crippen molar-refractivity contribution in [1.29, 1.82) is 5.26 Å². The largest absolute Gasteiger partial charge is 0.356 e. The third kappa shape index (κ3) is 3.27. The van der Waals surface area contributed by atoms with Crippen LogP contribution >= 0.6 is 0 Å². The van der Waals surface area contributed by atoms with E-state index in [9.17, 15) is 0 Å². The van der Waals surface area contributed by atoms with Crippen molar-refractivity contribution in [3.8, 4) is 6.07 Å². The average Bonchev–Trinajstić information content (AvgIpc) is 2.35.